The number of piperidine rings is 1. The Kier molecular flexibility index (Phi) is 7.81. The monoisotopic (exact) mass is 512 g/mol. The first-order valence-corrected chi connectivity index (χ1v) is 12.2. The van der Waals surface area contributed by atoms with Crippen molar-refractivity contribution in [3.63, 3.8) is 0 Å². The number of anilines is 2. The number of benzene rings is 1. The Balaban J connectivity index is 1.40. The van der Waals surface area contributed by atoms with E-state index >= 15 is 0 Å². The third-order valence-electron chi connectivity index (χ3n) is 6.08. The Hall–Kier alpha value is -1.84. The van der Waals surface area contributed by atoms with Gasteiger partial charge in [0.2, 0.25) is 11.9 Å². The standard InChI is InChI=1S/C22H27Cl3N6O2/c1-12(14-5-4-13(23)9-15(14)24)28-20-16(25)10-27-22(30-20)31-8-6-17(19(32)11-31)29-21(33)18-3-2-7-26-18/h4-5,9-10,12,17-19,26,32H,2-3,6-8,11H2,1H3,(H,29,33)(H,27,28,30)/t12-,17+,18-,19+/m1/s1. The van der Waals surface area contributed by atoms with Gasteiger partial charge in [0, 0.05) is 23.1 Å². The number of aliphatic hydroxyl groups excluding tert-OH is 1. The molecule has 11 heteroatoms. The number of nitrogens with one attached hydrogen (secondary N) is 3. The number of nitrogens with zero attached hydrogens (tertiary/aromatic N) is 3. The number of halogens is 3. The highest BCUT2D eigenvalue weighted by molar-refractivity contribution is 6.35. The van der Waals surface area contributed by atoms with Crippen LogP contribution in [0.5, 0.6) is 0 Å². The lowest BCUT2D eigenvalue weighted by molar-refractivity contribution is -0.124. The molecular formula is C22H27Cl3N6O2. The minimum Gasteiger partial charge on any atom is -0.389 e. The number of carbonyl (C=O) groups excluding carboxylic acids is 1. The predicted molar refractivity (Wildman–Crippen MR) is 131 cm³/mol. The fourth-order valence-electron chi connectivity index (χ4n) is 4.22. The SMILES string of the molecule is C[C@@H](Nc1nc(N2CC[C@H](NC(=O)[C@H]3CCCN3)[C@@H](O)C2)ncc1Cl)c1ccc(Cl)cc1Cl. The molecule has 33 heavy (non-hydrogen) atoms. The molecule has 0 saturated carbocycles. The summed E-state index contributed by atoms with van der Waals surface area (Å²) in [6.45, 7) is 3.71. The van der Waals surface area contributed by atoms with Crippen molar-refractivity contribution >= 4 is 52.5 Å². The van der Waals surface area contributed by atoms with Crippen molar-refractivity contribution in [2.45, 2.75) is 50.4 Å². The molecule has 2 aliphatic heterocycles. The highest BCUT2D eigenvalue weighted by Gasteiger charge is 2.32. The first-order valence-electron chi connectivity index (χ1n) is 11.0. The number of rotatable bonds is 6. The molecule has 4 rings (SSSR count). The van der Waals surface area contributed by atoms with Gasteiger partial charge in [-0.3, -0.25) is 4.79 Å². The molecular weight excluding hydrogens is 487 g/mol. The second-order valence-corrected chi connectivity index (χ2v) is 9.72. The second kappa shape index (κ2) is 10.6. The summed E-state index contributed by atoms with van der Waals surface area (Å²) in [4.78, 5) is 23.2. The Morgan fingerprint density at radius 2 is 2.09 bits per heavy atom. The van der Waals surface area contributed by atoms with Gasteiger partial charge in [-0.25, -0.2) is 4.98 Å². The van der Waals surface area contributed by atoms with E-state index in [0.717, 1.165) is 24.9 Å². The fourth-order valence-corrected chi connectivity index (χ4v) is 4.94. The lowest BCUT2D eigenvalue weighted by Crippen LogP contribution is -2.56. The van der Waals surface area contributed by atoms with E-state index in [0.29, 0.717) is 46.3 Å². The molecule has 4 atom stereocenters. The van der Waals surface area contributed by atoms with Gasteiger partial charge in [0.1, 0.15) is 5.02 Å². The van der Waals surface area contributed by atoms with Gasteiger partial charge in [-0.2, -0.15) is 4.98 Å². The minimum atomic E-state index is -0.730. The quantitative estimate of drug-likeness (QED) is 0.469. The molecule has 0 spiro atoms. The molecule has 1 aromatic carbocycles. The zero-order valence-corrected chi connectivity index (χ0v) is 20.5. The van der Waals surface area contributed by atoms with Crippen molar-refractivity contribution in [3.05, 3.63) is 45.0 Å². The summed E-state index contributed by atoms with van der Waals surface area (Å²) in [7, 11) is 0. The minimum absolute atomic E-state index is 0.0472. The summed E-state index contributed by atoms with van der Waals surface area (Å²) in [5.74, 6) is 0.879. The van der Waals surface area contributed by atoms with Gasteiger partial charge in [0.15, 0.2) is 5.82 Å². The van der Waals surface area contributed by atoms with E-state index in [1.54, 1.807) is 12.1 Å². The van der Waals surface area contributed by atoms with Crippen LogP contribution in [0.4, 0.5) is 11.8 Å². The number of hydrogen-bond acceptors (Lipinski definition) is 7. The first-order chi connectivity index (χ1) is 15.8. The Labute approximate surface area is 208 Å². The molecule has 2 saturated heterocycles. The third kappa shape index (κ3) is 5.81. The molecule has 0 radical (unpaired) electrons. The van der Waals surface area contributed by atoms with Gasteiger partial charge in [-0.15, -0.1) is 0 Å². The summed E-state index contributed by atoms with van der Waals surface area (Å²) in [6, 6.07) is 4.69. The van der Waals surface area contributed by atoms with Crippen LogP contribution in [0, 0.1) is 0 Å². The molecule has 2 aromatic rings. The highest BCUT2D eigenvalue weighted by atomic mass is 35.5. The zero-order valence-electron chi connectivity index (χ0n) is 18.2. The second-order valence-electron chi connectivity index (χ2n) is 8.46. The maximum Gasteiger partial charge on any atom is 0.237 e. The topological polar surface area (TPSA) is 102 Å². The van der Waals surface area contributed by atoms with Crippen molar-refractivity contribution in [2.24, 2.45) is 0 Å². The van der Waals surface area contributed by atoms with E-state index in [1.807, 2.05) is 17.9 Å². The number of carbonyl (C=O) groups is 1. The molecule has 8 nitrogen and oxygen atoms in total. The van der Waals surface area contributed by atoms with Crippen LogP contribution in [0.15, 0.2) is 24.4 Å². The van der Waals surface area contributed by atoms with Crippen LogP contribution in [-0.4, -0.2) is 58.8 Å². The van der Waals surface area contributed by atoms with Crippen molar-refractivity contribution in [3.8, 4) is 0 Å². The van der Waals surface area contributed by atoms with Gasteiger partial charge >= 0.3 is 0 Å². The lowest BCUT2D eigenvalue weighted by Gasteiger charge is -2.36. The van der Waals surface area contributed by atoms with Gasteiger partial charge in [-0.05, 0) is 50.4 Å². The Bertz CT molecular complexity index is 1000. The van der Waals surface area contributed by atoms with E-state index in [1.165, 1.54) is 6.20 Å². The number of aromatic nitrogens is 2. The molecule has 1 amide bonds. The van der Waals surface area contributed by atoms with Crippen LogP contribution in [-0.2, 0) is 4.79 Å². The van der Waals surface area contributed by atoms with E-state index in [-0.39, 0.29) is 24.0 Å². The number of β-amino-alcohol motifs (C(OH)–C–C–N with tert-alkyl or cyclic N) is 1. The Morgan fingerprint density at radius 1 is 1.27 bits per heavy atom. The summed E-state index contributed by atoms with van der Waals surface area (Å²) in [5.41, 5.74) is 0.862. The van der Waals surface area contributed by atoms with Gasteiger partial charge < -0.3 is 26.0 Å². The smallest absolute Gasteiger partial charge is 0.237 e. The van der Waals surface area contributed by atoms with Crippen molar-refractivity contribution in [1.82, 2.24) is 20.6 Å². The van der Waals surface area contributed by atoms with Gasteiger partial charge in [-0.1, -0.05) is 40.9 Å². The van der Waals surface area contributed by atoms with E-state index in [4.69, 9.17) is 34.8 Å². The first kappa shape index (κ1) is 24.3. The summed E-state index contributed by atoms with van der Waals surface area (Å²) in [6.07, 6.45) is 3.22. The Morgan fingerprint density at radius 3 is 2.79 bits per heavy atom. The third-order valence-corrected chi connectivity index (χ3v) is 6.92. The molecule has 0 bridgehead atoms. The summed E-state index contributed by atoms with van der Waals surface area (Å²) in [5, 5.41) is 21.6. The maximum atomic E-state index is 12.4. The van der Waals surface area contributed by atoms with E-state index in [9.17, 15) is 9.90 Å². The molecule has 0 unspecified atom stereocenters. The molecule has 178 valence electrons. The average Bonchev–Trinajstić information content (AvgIpc) is 3.32. The van der Waals surface area contributed by atoms with Crippen molar-refractivity contribution in [1.29, 1.82) is 0 Å². The molecule has 2 aliphatic rings. The lowest BCUT2D eigenvalue weighted by atomic mass is 10.0. The van der Waals surface area contributed by atoms with Crippen LogP contribution in [0.3, 0.4) is 0 Å². The van der Waals surface area contributed by atoms with Crippen molar-refractivity contribution in [2.75, 3.05) is 29.9 Å². The number of aliphatic hydroxyl groups is 1. The molecule has 0 aliphatic carbocycles. The number of hydrogen-bond donors (Lipinski definition) is 4. The van der Waals surface area contributed by atoms with Crippen LogP contribution >= 0.6 is 34.8 Å². The molecule has 2 fully saturated rings. The molecule has 4 N–H and O–H groups in total. The zero-order chi connectivity index (χ0) is 23.5. The van der Waals surface area contributed by atoms with Crippen LogP contribution < -0.4 is 20.9 Å². The largest absolute Gasteiger partial charge is 0.389 e. The van der Waals surface area contributed by atoms with E-state index in [2.05, 4.69) is 25.9 Å². The normalized spacial score (nSPS) is 23.9. The summed E-state index contributed by atoms with van der Waals surface area (Å²) < 4.78 is 0. The van der Waals surface area contributed by atoms with Crippen LogP contribution in [0.2, 0.25) is 15.1 Å². The van der Waals surface area contributed by atoms with Gasteiger partial charge in [0.25, 0.3) is 0 Å². The van der Waals surface area contributed by atoms with Crippen molar-refractivity contribution < 1.29 is 9.90 Å². The van der Waals surface area contributed by atoms with Crippen LogP contribution in [0.1, 0.15) is 37.8 Å². The summed E-state index contributed by atoms with van der Waals surface area (Å²) >= 11 is 18.7. The maximum absolute atomic E-state index is 12.4. The highest BCUT2D eigenvalue weighted by Crippen LogP contribution is 2.31. The predicted octanol–water partition coefficient (Wildman–Crippen LogP) is 3.42. The van der Waals surface area contributed by atoms with Crippen LogP contribution in [0.25, 0.3) is 0 Å². The average molecular weight is 514 g/mol. The van der Waals surface area contributed by atoms with Gasteiger partial charge in [0.05, 0.1) is 30.4 Å². The molecule has 3 heterocycles. The van der Waals surface area contributed by atoms with E-state index < -0.39 is 6.10 Å². The molecule has 1 aromatic heterocycles. The number of amides is 1. The fraction of sp³-hybridized carbons (Fsp3) is 0.500.